The lowest BCUT2D eigenvalue weighted by Gasteiger charge is -2.48. The van der Waals surface area contributed by atoms with E-state index in [1.54, 1.807) is 0 Å². The number of ether oxygens (including phenoxy) is 11. The van der Waals surface area contributed by atoms with Gasteiger partial charge in [0.1, 0.15) is 73.2 Å². The van der Waals surface area contributed by atoms with Gasteiger partial charge in [0, 0.05) is 19.3 Å². The van der Waals surface area contributed by atoms with Crippen LogP contribution in [0.4, 0.5) is 0 Å². The van der Waals surface area contributed by atoms with Crippen molar-refractivity contribution in [2.45, 2.75) is 206 Å². The maximum atomic E-state index is 11.7. The zero-order chi connectivity index (χ0) is 54.2. The highest BCUT2D eigenvalue weighted by atomic mass is 32.3. The Hall–Kier alpha value is -1.27. The van der Waals surface area contributed by atoms with Gasteiger partial charge in [0.05, 0.1) is 74.6 Å². The Morgan fingerprint density at radius 3 is 1.05 bits per heavy atom. The first-order valence-corrected chi connectivity index (χ1v) is 26.7. The molecule has 0 radical (unpaired) electrons. The van der Waals surface area contributed by atoms with Crippen LogP contribution in [0.1, 0.15) is 40.0 Å². The molecule has 6 heterocycles. The summed E-state index contributed by atoms with van der Waals surface area (Å²) in [6.45, 7) is 1.23. The molecule has 0 bridgehead atoms. The van der Waals surface area contributed by atoms with Crippen LogP contribution in [-0.2, 0) is 95.9 Å². The van der Waals surface area contributed by atoms with Crippen LogP contribution in [0.2, 0.25) is 0 Å². The van der Waals surface area contributed by atoms with Gasteiger partial charge in [-0.3, -0.25) is 13.7 Å². The second-order valence-corrected chi connectivity index (χ2v) is 21.5. The first kappa shape index (κ1) is 61.0. The topological polar surface area (TPSA) is 532 Å². The smallest absolute Gasteiger partial charge is 0.390 e. The third-order valence-electron chi connectivity index (χ3n) is 12.8. The third kappa shape index (κ3) is 16.0. The normalized spacial score (nSPS) is 47.5. The monoisotopic (exact) mass is 1130 g/mol. The van der Waals surface area contributed by atoms with E-state index in [1.165, 1.54) is 20.8 Å². The Kier molecular flexibility index (Phi) is 20.7. The summed E-state index contributed by atoms with van der Waals surface area (Å²) in [5.41, 5.74) is 18.4. The molecule has 10 unspecified atom stereocenters. The summed E-state index contributed by atoms with van der Waals surface area (Å²) in [7, 11) is -15.3. The van der Waals surface area contributed by atoms with Crippen LogP contribution in [0.3, 0.4) is 0 Å². The van der Waals surface area contributed by atoms with E-state index in [4.69, 9.17) is 73.9 Å². The molecule has 6 aliphatic rings. The summed E-state index contributed by atoms with van der Waals surface area (Å²) in [5, 5.41) is 86.5. The number of aliphatic hydroxyl groups excluding tert-OH is 8. The molecule has 6 saturated heterocycles. The fraction of sp³-hybridized carbons (Fsp3) is 1.00. The zero-order valence-corrected chi connectivity index (χ0v) is 41.3. The largest absolute Gasteiger partial charge is 0.397 e. The second-order valence-electron chi connectivity index (χ2n) is 18.2. The van der Waals surface area contributed by atoms with E-state index < -0.39 is 230 Å². The average Bonchev–Trinajstić information content (AvgIpc) is 3.27. The summed E-state index contributed by atoms with van der Waals surface area (Å²) in [6.07, 6.45) is -37.2. The van der Waals surface area contributed by atoms with Crippen LogP contribution in [0, 0.1) is 0 Å². The van der Waals surface area contributed by atoms with Gasteiger partial charge in [-0.2, -0.15) is 25.3 Å². The maximum Gasteiger partial charge on any atom is 0.397 e. The van der Waals surface area contributed by atoms with Crippen molar-refractivity contribution in [3.63, 3.8) is 0 Å². The van der Waals surface area contributed by atoms with E-state index in [0.717, 1.165) is 0 Å². The highest BCUT2D eigenvalue weighted by Crippen LogP contribution is 2.36. The van der Waals surface area contributed by atoms with Crippen molar-refractivity contribution in [3.8, 4) is 0 Å². The minimum Gasteiger partial charge on any atom is -0.390 e. The molecule has 6 aliphatic heterocycles. The molecule has 428 valence electrons. The summed E-state index contributed by atoms with van der Waals surface area (Å²) >= 11 is 0. The molecular formula is C36H65N3O31S3. The molecule has 0 amide bonds. The predicted molar refractivity (Wildman–Crippen MR) is 228 cm³/mol. The summed E-state index contributed by atoms with van der Waals surface area (Å²) in [5.74, 6) is 0. The molecule has 0 saturated carbocycles. The fourth-order valence-electron chi connectivity index (χ4n) is 9.01. The predicted octanol–water partition coefficient (Wildman–Crippen LogP) is -8.55. The molecule has 0 aromatic carbocycles. The van der Waals surface area contributed by atoms with Crippen LogP contribution in [-0.4, -0.2) is 265 Å². The standard InChI is InChI=1S/C36H65N3O31S3/c1-10-25(43)13(40)4-19(60-10)66-32-17(8-58-72(51,52)53)64-35(23(38)27(32)45)70-30-12(3)62-21(6-15(30)42)68-33-18(9-59-73(54,55)56)65-36(24(39)28(33)46)69-29-11(2)61-20(5-14(29)41)67-31-16(7-57-71(48,49)50)63-34(47)22(37)26(31)44/h10-36,40-47H,4-9,37-39H2,1-3H3,(H,48,49,50)(H,51,52,53)(H,54,55,56)/t10?,11?,12?,13-,14-,15-,16?,17?,18?,19-,20-,21-,22?,23?,24?,25+,26+,27+,28+,29-,30?,31+,32+,33+,34+,35-,36-/m0/s1. The minimum absolute atomic E-state index is 0.291. The molecule has 6 fully saturated rings. The lowest BCUT2D eigenvalue weighted by molar-refractivity contribution is -0.359. The van der Waals surface area contributed by atoms with Crippen molar-refractivity contribution >= 4 is 31.2 Å². The second kappa shape index (κ2) is 24.8. The molecule has 17 N–H and O–H groups in total. The van der Waals surface area contributed by atoms with Crippen molar-refractivity contribution in [1.82, 2.24) is 0 Å². The van der Waals surface area contributed by atoms with E-state index in [-0.39, 0.29) is 6.42 Å². The first-order valence-electron chi connectivity index (χ1n) is 22.6. The average molecular weight is 1130 g/mol. The quantitative estimate of drug-likeness (QED) is 0.0534. The van der Waals surface area contributed by atoms with Gasteiger partial charge in [0.15, 0.2) is 37.7 Å². The van der Waals surface area contributed by atoms with Gasteiger partial charge in [0.25, 0.3) is 0 Å². The molecule has 0 aromatic rings. The van der Waals surface area contributed by atoms with Gasteiger partial charge in [0.2, 0.25) is 0 Å². The zero-order valence-electron chi connectivity index (χ0n) is 38.9. The van der Waals surface area contributed by atoms with Crippen molar-refractivity contribution in [1.29, 1.82) is 0 Å². The molecule has 0 aromatic heterocycles. The van der Waals surface area contributed by atoms with Crippen molar-refractivity contribution in [3.05, 3.63) is 0 Å². The highest BCUT2D eigenvalue weighted by Gasteiger charge is 2.54. The van der Waals surface area contributed by atoms with E-state index in [2.05, 4.69) is 12.5 Å². The number of nitrogens with two attached hydrogens (primary N) is 3. The lowest BCUT2D eigenvalue weighted by Crippen LogP contribution is -2.67. The van der Waals surface area contributed by atoms with Crippen LogP contribution < -0.4 is 17.2 Å². The van der Waals surface area contributed by atoms with Gasteiger partial charge in [-0.05, 0) is 20.8 Å². The Balaban J connectivity index is 1.08. The van der Waals surface area contributed by atoms with E-state index >= 15 is 0 Å². The Bertz CT molecular complexity index is 2090. The highest BCUT2D eigenvalue weighted by molar-refractivity contribution is 7.81. The number of aliphatic hydroxyl groups is 8. The van der Waals surface area contributed by atoms with Crippen molar-refractivity contribution < 1.29 is 144 Å². The lowest BCUT2D eigenvalue weighted by atomic mass is 9.95. The van der Waals surface area contributed by atoms with Gasteiger partial charge in [-0.25, -0.2) is 12.5 Å². The van der Waals surface area contributed by atoms with E-state index in [9.17, 15) is 75.2 Å². The SMILES string of the molecule is CC1O[C@@H](O[C@@H]2C(COS(=O)(=O)O)O[C@@H](O[C@H]3C(C)O[C@@H](O[C@@H]4C(COS(=O)(=O)O)O[C@@H](O)C(N)[C@H]4O)C[C@@H]3O)C(N)[C@H]2O)C[C@H](O)C1O[C@@H]1OC(COS(=O)(=O)O)[C@@H](O[C@H]2C[C@H](O)[C@H](O)C(C)O2)[C@H](O)C1N. The Morgan fingerprint density at radius 2 is 0.726 bits per heavy atom. The first-order chi connectivity index (χ1) is 33.8. The van der Waals surface area contributed by atoms with Gasteiger partial charge in [-0.1, -0.05) is 0 Å². The van der Waals surface area contributed by atoms with Gasteiger partial charge in [-0.15, -0.1) is 0 Å². The van der Waals surface area contributed by atoms with Crippen LogP contribution in [0.5, 0.6) is 0 Å². The molecule has 0 spiro atoms. The minimum atomic E-state index is -5.17. The van der Waals surface area contributed by atoms with E-state index in [1.807, 2.05) is 0 Å². The fourth-order valence-corrected chi connectivity index (χ4v) is 9.92. The molecule has 6 rings (SSSR count). The molecule has 37 heteroatoms. The van der Waals surface area contributed by atoms with Crippen LogP contribution in [0.15, 0.2) is 0 Å². The van der Waals surface area contributed by atoms with Gasteiger partial charge >= 0.3 is 31.2 Å². The number of hydrogen-bond donors (Lipinski definition) is 14. The number of hydrogen-bond acceptors (Lipinski definition) is 31. The molecule has 73 heavy (non-hydrogen) atoms. The Labute approximate surface area is 417 Å². The number of rotatable bonds is 19. The maximum absolute atomic E-state index is 11.7. The summed E-state index contributed by atoms with van der Waals surface area (Å²) < 4.78 is 174. The van der Waals surface area contributed by atoms with Crippen LogP contribution in [0.25, 0.3) is 0 Å². The molecular weight excluding hydrogens is 1070 g/mol. The summed E-state index contributed by atoms with van der Waals surface area (Å²) in [6, 6.07) is -4.57. The molecule has 34 nitrogen and oxygen atoms in total. The Morgan fingerprint density at radius 1 is 0.411 bits per heavy atom. The molecule has 27 atom stereocenters. The van der Waals surface area contributed by atoms with Crippen molar-refractivity contribution in [2.75, 3.05) is 19.8 Å². The summed E-state index contributed by atoms with van der Waals surface area (Å²) in [4.78, 5) is 0. The van der Waals surface area contributed by atoms with Gasteiger partial charge < -0.3 is 110 Å². The molecule has 0 aliphatic carbocycles. The van der Waals surface area contributed by atoms with E-state index in [0.29, 0.717) is 0 Å². The van der Waals surface area contributed by atoms with Crippen LogP contribution >= 0.6 is 0 Å². The third-order valence-corrected chi connectivity index (χ3v) is 14.1. The van der Waals surface area contributed by atoms with Crippen molar-refractivity contribution in [2.24, 2.45) is 17.2 Å².